The van der Waals surface area contributed by atoms with E-state index < -0.39 is 9.84 Å². The normalized spacial score (nSPS) is 19.2. The van der Waals surface area contributed by atoms with E-state index in [4.69, 9.17) is 4.74 Å². The largest absolute Gasteiger partial charge is 0.375 e. The van der Waals surface area contributed by atoms with Crippen molar-refractivity contribution in [2.24, 2.45) is 0 Å². The number of carbonyl (C=O) groups excluding carboxylic acids is 1. The molecule has 2 aromatic heterocycles. The maximum absolute atomic E-state index is 12.8. The van der Waals surface area contributed by atoms with Crippen molar-refractivity contribution in [3.8, 4) is 0 Å². The number of hydrogen-bond acceptors (Lipinski definition) is 5. The van der Waals surface area contributed by atoms with E-state index in [9.17, 15) is 13.2 Å². The summed E-state index contributed by atoms with van der Waals surface area (Å²) in [5.41, 5.74) is 0.667. The quantitative estimate of drug-likeness (QED) is 0.834. The van der Waals surface area contributed by atoms with E-state index in [1.54, 1.807) is 29.3 Å². The summed E-state index contributed by atoms with van der Waals surface area (Å²) in [6.07, 6.45) is 3.52. The molecule has 1 amide bonds. The van der Waals surface area contributed by atoms with Gasteiger partial charge in [0.25, 0.3) is 5.91 Å². The molecule has 0 spiro atoms. The molecule has 1 aliphatic heterocycles. The lowest BCUT2D eigenvalue weighted by Gasteiger charge is -2.32. The van der Waals surface area contributed by atoms with Crippen LogP contribution in [0.2, 0.25) is 0 Å². The van der Waals surface area contributed by atoms with Crippen LogP contribution in [0, 0.1) is 0 Å². The zero-order valence-corrected chi connectivity index (χ0v) is 13.9. The molecule has 1 aliphatic rings. The lowest BCUT2D eigenvalue weighted by atomic mass is 10.2. The molecule has 1 saturated heterocycles. The number of rotatable bonds is 3. The minimum Gasteiger partial charge on any atom is -0.375 e. The third-order valence-corrected chi connectivity index (χ3v) is 4.88. The maximum Gasteiger partial charge on any atom is 0.274 e. The summed E-state index contributed by atoms with van der Waals surface area (Å²) < 4.78 is 30.9. The van der Waals surface area contributed by atoms with Crippen molar-refractivity contribution in [2.45, 2.75) is 24.6 Å². The maximum atomic E-state index is 12.8. The molecule has 1 atom stereocenters. The van der Waals surface area contributed by atoms with Crippen molar-refractivity contribution in [3.05, 3.63) is 30.1 Å². The van der Waals surface area contributed by atoms with Crippen LogP contribution >= 0.6 is 0 Å². The zero-order valence-electron chi connectivity index (χ0n) is 13.1. The summed E-state index contributed by atoms with van der Waals surface area (Å²) in [6.45, 7) is 3.46. The Morgan fingerprint density at radius 3 is 2.91 bits per heavy atom. The molecule has 8 heteroatoms. The fourth-order valence-corrected chi connectivity index (χ4v) is 3.50. The second-order valence-corrected chi connectivity index (χ2v) is 7.53. The van der Waals surface area contributed by atoms with Gasteiger partial charge < -0.3 is 9.64 Å². The summed E-state index contributed by atoms with van der Waals surface area (Å²) in [7, 11) is -3.53. The fraction of sp³-hybridized carbons (Fsp3) is 0.467. The van der Waals surface area contributed by atoms with Gasteiger partial charge in [-0.15, -0.1) is 0 Å². The van der Waals surface area contributed by atoms with E-state index in [2.05, 4.69) is 4.98 Å². The molecule has 23 heavy (non-hydrogen) atoms. The van der Waals surface area contributed by atoms with Gasteiger partial charge in [0, 0.05) is 25.5 Å². The number of nitrogens with zero attached hydrogens (tertiary/aromatic N) is 3. The predicted molar refractivity (Wildman–Crippen MR) is 84.2 cm³/mol. The number of aromatic nitrogens is 2. The van der Waals surface area contributed by atoms with Crippen LogP contribution in [-0.4, -0.2) is 60.7 Å². The number of hydrogen-bond donors (Lipinski definition) is 0. The third-order valence-electron chi connectivity index (χ3n) is 3.93. The van der Waals surface area contributed by atoms with E-state index in [0.29, 0.717) is 25.2 Å². The van der Waals surface area contributed by atoms with Crippen molar-refractivity contribution in [1.29, 1.82) is 0 Å². The van der Waals surface area contributed by atoms with Crippen molar-refractivity contribution in [3.63, 3.8) is 0 Å². The number of imidazole rings is 1. The van der Waals surface area contributed by atoms with Crippen LogP contribution in [0.15, 0.2) is 29.6 Å². The van der Waals surface area contributed by atoms with Crippen LogP contribution in [0.3, 0.4) is 0 Å². The second kappa shape index (κ2) is 5.93. The number of sulfone groups is 1. The van der Waals surface area contributed by atoms with Crippen LogP contribution in [-0.2, 0) is 14.6 Å². The molecule has 0 bridgehead atoms. The van der Waals surface area contributed by atoms with Crippen molar-refractivity contribution < 1.29 is 17.9 Å². The van der Waals surface area contributed by atoms with Gasteiger partial charge in [0.05, 0.1) is 18.2 Å². The highest BCUT2D eigenvalue weighted by Crippen LogP contribution is 2.20. The molecule has 0 saturated carbocycles. The second-order valence-electron chi connectivity index (χ2n) is 5.62. The lowest BCUT2D eigenvalue weighted by molar-refractivity contribution is -0.0227. The first-order valence-electron chi connectivity index (χ1n) is 7.50. The first-order valence-corrected chi connectivity index (χ1v) is 9.39. The van der Waals surface area contributed by atoms with Gasteiger partial charge in [-0.2, -0.15) is 0 Å². The van der Waals surface area contributed by atoms with E-state index in [1.165, 1.54) is 4.40 Å². The molecule has 0 aromatic carbocycles. The molecule has 3 rings (SSSR count). The minimum absolute atomic E-state index is 0.0101. The standard InChI is InChI=1S/C15H19N3O4S/c1-3-11-10-17(8-9-22-11)14(19)13-12-6-4-5-7-18(12)15(16-13)23(2,20)21/h4-7,11H,3,8-10H2,1-2H3/t11-/m0/s1. The summed E-state index contributed by atoms with van der Waals surface area (Å²) in [5.74, 6) is -0.259. The van der Waals surface area contributed by atoms with Gasteiger partial charge in [-0.1, -0.05) is 13.0 Å². The molecule has 1 fully saturated rings. The van der Waals surface area contributed by atoms with Gasteiger partial charge >= 0.3 is 0 Å². The molecule has 0 N–H and O–H groups in total. The van der Waals surface area contributed by atoms with Gasteiger partial charge in [-0.05, 0) is 18.6 Å². The van der Waals surface area contributed by atoms with Gasteiger partial charge in [0.1, 0.15) is 0 Å². The Kier molecular flexibility index (Phi) is 4.11. The zero-order chi connectivity index (χ0) is 16.6. The Bertz CT molecular complexity index is 844. The summed E-state index contributed by atoms with van der Waals surface area (Å²) in [5, 5.41) is -0.114. The summed E-state index contributed by atoms with van der Waals surface area (Å²) >= 11 is 0. The molecular weight excluding hydrogens is 318 g/mol. The average molecular weight is 337 g/mol. The minimum atomic E-state index is -3.53. The van der Waals surface area contributed by atoms with Crippen molar-refractivity contribution in [2.75, 3.05) is 26.0 Å². The highest BCUT2D eigenvalue weighted by molar-refractivity contribution is 7.90. The Labute approximate surface area is 134 Å². The van der Waals surface area contributed by atoms with Gasteiger partial charge in [0.2, 0.25) is 15.0 Å². The predicted octanol–water partition coefficient (Wildman–Crippen LogP) is 0.989. The Morgan fingerprint density at radius 2 is 2.22 bits per heavy atom. The first-order chi connectivity index (χ1) is 10.9. The van der Waals surface area contributed by atoms with Crippen molar-refractivity contribution in [1.82, 2.24) is 14.3 Å². The topological polar surface area (TPSA) is 81.0 Å². The molecule has 0 unspecified atom stereocenters. The van der Waals surface area contributed by atoms with Crippen LogP contribution in [0.25, 0.3) is 5.52 Å². The SMILES string of the molecule is CC[C@H]1CN(C(=O)c2nc(S(C)(=O)=O)n3ccccc23)CCO1. The lowest BCUT2D eigenvalue weighted by Crippen LogP contribution is -2.45. The summed E-state index contributed by atoms with van der Waals surface area (Å²) in [4.78, 5) is 18.6. The molecule has 124 valence electrons. The van der Waals surface area contributed by atoms with Gasteiger partial charge in [0.15, 0.2) is 5.69 Å². The Morgan fingerprint density at radius 1 is 1.43 bits per heavy atom. The van der Waals surface area contributed by atoms with E-state index in [0.717, 1.165) is 12.7 Å². The Hall–Kier alpha value is -1.93. The highest BCUT2D eigenvalue weighted by atomic mass is 32.2. The number of amides is 1. The van der Waals surface area contributed by atoms with Crippen molar-refractivity contribution >= 4 is 21.3 Å². The molecular formula is C15H19N3O4S. The molecule has 0 radical (unpaired) electrons. The van der Waals surface area contributed by atoms with E-state index in [-0.39, 0.29) is 22.9 Å². The van der Waals surface area contributed by atoms with Crippen LogP contribution < -0.4 is 0 Å². The fourth-order valence-electron chi connectivity index (χ4n) is 2.73. The number of fused-ring (bicyclic) bond motifs is 1. The van der Waals surface area contributed by atoms with E-state index in [1.807, 2.05) is 6.92 Å². The first kappa shape index (κ1) is 15.9. The van der Waals surface area contributed by atoms with Gasteiger partial charge in [-0.3, -0.25) is 9.20 Å². The number of morpholine rings is 1. The monoisotopic (exact) mass is 337 g/mol. The molecule has 0 aliphatic carbocycles. The Balaban J connectivity index is 2.04. The van der Waals surface area contributed by atoms with Crippen LogP contribution in [0.5, 0.6) is 0 Å². The molecule has 2 aromatic rings. The molecule has 3 heterocycles. The van der Waals surface area contributed by atoms with Crippen LogP contribution in [0.1, 0.15) is 23.8 Å². The van der Waals surface area contributed by atoms with Gasteiger partial charge in [-0.25, -0.2) is 13.4 Å². The summed E-state index contributed by atoms with van der Waals surface area (Å²) in [6, 6.07) is 5.17. The smallest absolute Gasteiger partial charge is 0.274 e. The number of ether oxygens (including phenoxy) is 1. The number of pyridine rings is 1. The van der Waals surface area contributed by atoms with Crippen LogP contribution in [0.4, 0.5) is 0 Å². The average Bonchev–Trinajstić information content (AvgIpc) is 2.94. The highest BCUT2D eigenvalue weighted by Gasteiger charge is 2.29. The molecule has 7 nitrogen and oxygen atoms in total. The van der Waals surface area contributed by atoms with E-state index >= 15 is 0 Å². The third kappa shape index (κ3) is 2.96. The number of carbonyl (C=O) groups is 1.